The molecule has 0 spiro atoms. The number of nitrogens with one attached hydrogen (secondary N) is 2. The van der Waals surface area contributed by atoms with Crippen LogP contribution in [0.4, 0.5) is 5.69 Å². The molecular formula is C15H25N3O2S. The normalized spacial score (nSPS) is 21.5. The lowest BCUT2D eigenvalue weighted by atomic mass is 9.92. The average molecular weight is 311 g/mol. The number of sulfonamides is 1. The first-order valence-corrected chi connectivity index (χ1v) is 8.73. The van der Waals surface area contributed by atoms with E-state index in [1.54, 1.807) is 26.0 Å². The van der Waals surface area contributed by atoms with E-state index in [4.69, 9.17) is 5.84 Å². The molecule has 21 heavy (non-hydrogen) atoms. The van der Waals surface area contributed by atoms with Crippen molar-refractivity contribution in [3.63, 3.8) is 0 Å². The number of hydrogen-bond donors (Lipinski definition) is 3. The van der Waals surface area contributed by atoms with Gasteiger partial charge >= 0.3 is 0 Å². The largest absolute Gasteiger partial charge is 0.324 e. The monoisotopic (exact) mass is 311 g/mol. The van der Waals surface area contributed by atoms with E-state index < -0.39 is 10.0 Å². The Morgan fingerprint density at radius 3 is 2.24 bits per heavy atom. The summed E-state index contributed by atoms with van der Waals surface area (Å²) in [5, 5.41) is 0. The second-order valence-corrected chi connectivity index (χ2v) is 8.46. The summed E-state index contributed by atoms with van der Waals surface area (Å²) >= 11 is 0. The molecule has 0 aliphatic heterocycles. The molecule has 4 N–H and O–H groups in total. The van der Waals surface area contributed by atoms with Gasteiger partial charge < -0.3 is 5.43 Å². The van der Waals surface area contributed by atoms with Gasteiger partial charge in [0.05, 0.1) is 4.90 Å². The fourth-order valence-electron chi connectivity index (χ4n) is 3.27. The third-order valence-electron chi connectivity index (χ3n) is 4.19. The van der Waals surface area contributed by atoms with Gasteiger partial charge in [0.25, 0.3) is 0 Å². The summed E-state index contributed by atoms with van der Waals surface area (Å²) in [4.78, 5) is 0.367. The maximum atomic E-state index is 12.7. The fraction of sp³-hybridized carbons (Fsp3) is 0.600. The van der Waals surface area contributed by atoms with Gasteiger partial charge in [0, 0.05) is 11.7 Å². The van der Waals surface area contributed by atoms with Crippen molar-refractivity contribution in [3.05, 3.63) is 23.3 Å². The van der Waals surface area contributed by atoms with Crippen LogP contribution in [0.5, 0.6) is 0 Å². The Labute approximate surface area is 127 Å². The molecule has 2 rings (SSSR count). The van der Waals surface area contributed by atoms with E-state index in [0.29, 0.717) is 21.7 Å². The molecule has 1 atom stereocenters. The highest BCUT2D eigenvalue weighted by Crippen LogP contribution is 2.37. The molecule has 1 aliphatic carbocycles. The van der Waals surface area contributed by atoms with Gasteiger partial charge in [-0.1, -0.05) is 13.8 Å². The molecule has 0 aromatic heterocycles. The first-order valence-electron chi connectivity index (χ1n) is 7.25. The fourth-order valence-corrected chi connectivity index (χ4v) is 5.00. The summed E-state index contributed by atoms with van der Waals surface area (Å²) < 4.78 is 28.2. The van der Waals surface area contributed by atoms with Crippen LogP contribution in [0, 0.1) is 19.3 Å². The molecule has 1 fully saturated rings. The van der Waals surface area contributed by atoms with Crippen molar-refractivity contribution in [1.82, 2.24) is 4.72 Å². The topological polar surface area (TPSA) is 84.2 Å². The zero-order chi connectivity index (χ0) is 15.8. The summed E-state index contributed by atoms with van der Waals surface area (Å²) in [5.74, 6) is 5.39. The number of rotatable bonds is 4. The third-order valence-corrected chi connectivity index (χ3v) is 6.01. The number of aryl methyl sites for hydroxylation is 2. The highest BCUT2D eigenvalue weighted by molar-refractivity contribution is 7.89. The second kappa shape index (κ2) is 5.59. The molecule has 0 radical (unpaired) electrons. The highest BCUT2D eigenvalue weighted by atomic mass is 32.2. The van der Waals surface area contributed by atoms with E-state index in [0.717, 1.165) is 19.3 Å². The molecule has 6 heteroatoms. The minimum atomic E-state index is -3.50. The van der Waals surface area contributed by atoms with E-state index in [-0.39, 0.29) is 11.5 Å². The molecule has 0 saturated heterocycles. The number of nitrogens with two attached hydrogens (primary N) is 1. The first-order chi connectivity index (χ1) is 9.64. The van der Waals surface area contributed by atoms with Gasteiger partial charge in [-0.25, -0.2) is 13.1 Å². The van der Waals surface area contributed by atoms with Gasteiger partial charge in [-0.2, -0.15) is 0 Å². The Morgan fingerprint density at radius 2 is 1.81 bits per heavy atom. The van der Waals surface area contributed by atoms with E-state index in [2.05, 4.69) is 24.0 Å². The Kier molecular flexibility index (Phi) is 4.33. The molecular weight excluding hydrogens is 286 g/mol. The second-order valence-electron chi connectivity index (χ2n) is 6.81. The standard InChI is InChI=1S/C15H25N3O2S/c1-10-7-13(17-16)8-11(2)14(10)21(19,20)18-12-5-6-15(3,4)9-12/h7-8,12,17-18H,5-6,9,16H2,1-4H3. The number of nitrogen functional groups attached to an aromatic ring is 1. The number of benzene rings is 1. The zero-order valence-electron chi connectivity index (χ0n) is 13.2. The van der Waals surface area contributed by atoms with Gasteiger partial charge in [0.15, 0.2) is 0 Å². The van der Waals surface area contributed by atoms with Crippen molar-refractivity contribution < 1.29 is 8.42 Å². The number of hydrazine groups is 1. The summed E-state index contributed by atoms with van der Waals surface area (Å²) in [5.41, 5.74) is 4.89. The molecule has 118 valence electrons. The van der Waals surface area contributed by atoms with E-state index in [1.807, 2.05) is 0 Å². The van der Waals surface area contributed by atoms with Crippen LogP contribution in [-0.4, -0.2) is 14.5 Å². The summed E-state index contributed by atoms with van der Waals surface area (Å²) in [6.07, 6.45) is 2.83. The van der Waals surface area contributed by atoms with E-state index >= 15 is 0 Å². The quantitative estimate of drug-likeness (QED) is 0.589. The van der Waals surface area contributed by atoms with Crippen LogP contribution in [0.25, 0.3) is 0 Å². The van der Waals surface area contributed by atoms with Crippen molar-refractivity contribution in [2.45, 2.75) is 57.9 Å². The minimum absolute atomic E-state index is 0.0242. The van der Waals surface area contributed by atoms with Crippen LogP contribution in [0.1, 0.15) is 44.2 Å². The third kappa shape index (κ3) is 3.56. The van der Waals surface area contributed by atoms with Gasteiger partial charge in [0.2, 0.25) is 10.0 Å². The van der Waals surface area contributed by atoms with Crippen LogP contribution in [0.15, 0.2) is 17.0 Å². The molecule has 0 amide bonds. The molecule has 1 aromatic rings. The molecule has 1 aromatic carbocycles. The van der Waals surface area contributed by atoms with Gasteiger partial charge in [-0.05, 0) is 61.8 Å². The van der Waals surface area contributed by atoms with E-state index in [9.17, 15) is 8.42 Å². The van der Waals surface area contributed by atoms with Crippen LogP contribution in [-0.2, 0) is 10.0 Å². The Balaban J connectivity index is 2.28. The molecule has 5 nitrogen and oxygen atoms in total. The van der Waals surface area contributed by atoms with Gasteiger partial charge in [-0.15, -0.1) is 0 Å². The zero-order valence-corrected chi connectivity index (χ0v) is 14.0. The van der Waals surface area contributed by atoms with Crippen molar-refractivity contribution in [2.75, 3.05) is 5.43 Å². The molecule has 1 unspecified atom stereocenters. The summed E-state index contributed by atoms with van der Waals surface area (Å²) in [7, 11) is -3.50. The maximum absolute atomic E-state index is 12.7. The summed E-state index contributed by atoms with van der Waals surface area (Å²) in [6.45, 7) is 7.95. The Morgan fingerprint density at radius 1 is 1.24 bits per heavy atom. The van der Waals surface area contributed by atoms with E-state index in [1.165, 1.54) is 0 Å². The van der Waals surface area contributed by atoms with Gasteiger partial charge in [-0.3, -0.25) is 5.84 Å². The van der Waals surface area contributed by atoms with Crippen LogP contribution in [0.3, 0.4) is 0 Å². The number of hydrogen-bond acceptors (Lipinski definition) is 4. The minimum Gasteiger partial charge on any atom is -0.324 e. The smallest absolute Gasteiger partial charge is 0.241 e. The summed E-state index contributed by atoms with van der Waals surface area (Å²) in [6, 6.07) is 3.52. The Bertz CT molecular complexity index is 615. The van der Waals surface area contributed by atoms with Crippen LogP contribution in [0.2, 0.25) is 0 Å². The van der Waals surface area contributed by atoms with Crippen molar-refractivity contribution in [3.8, 4) is 0 Å². The number of anilines is 1. The molecule has 0 bridgehead atoms. The lowest BCUT2D eigenvalue weighted by Gasteiger charge is -2.19. The maximum Gasteiger partial charge on any atom is 0.241 e. The predicted octanol–water partition coefficient (Wildman–Crippen LogP) is 2.45. The lowest BCUT2D eigenvalue weighted by Crippen LogP contribution is -2.34. The molecule has 1 aliphatic rings. The van der Waals surface area contributed by atoms with Crippen molar-refractivity contribution in [2.24, 2.45) is 11.3 Å². The average Bonchev–Trinajstić information content (AvgIpc) is 2.66. The van der Waals surface area contributed by atoms with Gasteiger partial charge in [0.1, 0.15) is 0 Å². The van der Waals surface area contributed by atoms with Crippen molar-refractivity contribution in [1.29, 1.82) is 0 Å². The first kappa shape index (κ1) is 16.3. The van der Waals surface area contributed by atoms with Crippen LogP contribution < -0.4 is 16.0 Å². The lowest BCUT2D eigenvalue weighted by molar-refractivity contribution is 0.372. The molecule has 0 heterocycles. The SMILES string of the molecule is Cc1cc(NN)cc(C)c1S(=O)(=O)NC1CCC(C)(C)C1. The highest BCUT2D eigenvalue weighted by Gasteiger charge is 2.34. The van der Waals surface area contributed by atoms with Crippen molar-refractivity contribution >= 4 is 15.7 Å². The molecule has 1 saturated carbocycles. The van der Waals surface area contributed by atoms with Crippen LogP contribution >= 0.6 is 0 Å². The Hall–Kier alpha value is -1.11. The predicted molar refractivity (Wildman–Crippen MR) is 85.5 cm³/mol.